The van der Waals surface area contributed by atoms with Gasteiger partial charge in [-0.15, -0.1) is 0 Å². The summed E-state index contributed by atoms with van der Waals surface area (Å²) < 4.78 is 20.8. The number of H-pyrrole nitrogens is 2. The smallest absolute Gasteiger partial charge is 0.352 e. The predicted molar refractivity (Wildman–Crippen MR) is 149 cm³/mol. The Kier molecular flexibility index (Phi) is 9.86. The SMILES string of the molecule is COc1cc(OC)c2c(CCC(=O)O)c(C(=O)O)[nH]c2c1.COc1cc(OC)c2c(CCC(=O)O)c(C(=O)O)[nH]c2c1. The molecule has 2 aromatic carbocycles. The minimum absolute atomic E-state index is 0.0298. The van der Waals surface area contributed by atoms with Crippen LogP contribution in [0.1, 0.15) is 44.9 Å². The summed E-state index contributed by atoms with van der Waals surface area (Å²) in [6.07, 6.45) is -0.135. The highest BCUT2D eigenvalue weighted by Gasteiger charge is 2.23. The third-order valence-corrected chi connectivity index (χ3v) is 6.39. The second kappa shape index (κ2) is 13.3. The number of aryl methyl sites for hydroxylation is 2. The van der Waals surface area contributed by atoms with E-state index in [0.717, 1.165) is 0 Å². The summed E-state index contributed by atoms with van der Waals surface area (Å²) >= 11 is 0. The first-order valence-electron chi connectivity index (χ1n) is 12.4. The van der Waals surface area contributed by atoms with E-state index in [0.29, 0.717) is 55.9 Å². The zero-order chi connectivity index (χ0) is 31.1. The van der Waals surface area contributed by atoms with Crippen molar-refractivity contribution in [2.75, 3.05) is 28.4 Å². The van der Waals surface area contributed by atoms with Gasteiger partial charge >= 0.3 is 23.9 Å². The van der Waals surface area contributed by atoms with E-state index in [1.807, 2.05) is 0 Å². The maximum atomic E-state index is 11.3. The van der Waals surface area contributed by atoms with E-state index in [1.54, 1.807) is 24.3 Å². The molecule has 0 fully saturated rings. The number of rotatable bonds is 12. The van der Waals surface area contributed by atoms with E-state index in [1.165, 1.54) is 28.4 Å². The first-order chi connectivity index (χ1) is 19.9. The van der Waals surface area contributed by atoms with Crippen molar-refractivity contribution in [2.24, 2.45) is 0 Å². The molecular weight excluding hydrogens is 556 g/mol. The Labute approximate surface area is 238 Å². The van der Waals surface area contributed by atoms with Crippen molar-refractivity contribution in [3.05, 3.63) is 46.8 Å². The van der Waals surface area contributed by atoms with Crippen LogP contribution in [0.15, 0.2) is 24.3 Å². The molecule has 0 bridgehead atoms. The number of nitrogens with one attached hydrogen (secondary N) is 2. The van der Waals surface area contributed by atoms with Crippen molar-refractivity contribution in [3.8, 4) is 23.0 Å². The molecule has 0 saturated carbocycles. The van der Waals surface area contributed by atoms with Gasteiger partial charge in [0.25, 0.3) is 0 Å². The van der Waals surface area contributed by atoms with Crippen LogP contribution in [0.25, 0.3) is 21.8 Å². The summed E-state index contributed by atoms with van der Waals surface area (Å²) in [7, 11) is 5.91. The third kappa shape index (κ3) is 6.66. The predicted octanol–water partition coefficient (Wildman–Crippen LogP) is 3.80. The minimum Gasteiger partial charge on any atom is -0.497 e. The number of fused-ring (bicyclic) bond motifs is 2. The number of aromatic nitrogens is 2. The average Bonchev–Trinajstić information content (AvgIpc) is 3.52. The van der Waals surface area contributed by atoms with Crippen LogP contribution >= 0.6 is 0 Å². The van der Waals surface area contributed by atoms with Gasteiger partial charge in [0.05, 0.1) is 39.5 Å². The monoisotopic (exact) mass is 586 g/mol. The number of aliphatic carboxylic acids is 2. The highest BCUT2D eigenvalue weighted by Crippen LogP contribution is 2.37. The van der Waals surface area contributed by atoms with E-state index in [-0.39, 0.29) is 37.1 Å². The van der Waals surface area contributed by atoms with E-state index in [4.69, 9.17) is 29.2 Å². The Morgan fingerprint density at radius 1 is 0.595 bits per heavy atom. The Bertz CT molecular complexity index is 1530. The van der Waals surface area contributed by atoms with Gasteiger partial charge in [-0.3, -0.25) is 9.59 Å². The molecule has 14 heteroatoms. The van der Waals surface area contributed by atoms with Crippen molar-refractivity contribution in [3.63, 3.8) is 0 Å². The van der Waals surface area contributed by atoms with Crippen molar-refractivity contribution < 1.29 is 58.6 Å². The number of hydrogen-bond donors (Lipinski definition) is 6. The first kappa shape index (κ1) is 31.1. The minimum atomic E-state index is -1.15. The lowest BCUT2D eigenvalue weighted by molar-refractivity contribution is -0.138. The number of carbonyl (C=O) groups is 4. The molecule has 0 unspecified atom stereocenters. The van der Waals surface area contributed by atoms with Crippen LogP contribution in [-0.2, 0) is 22.4 Å². The quantitative estimate of drug-likeness (QED) is 0.140. The molecule has 6 N–H and O–H groups in total. The Morgan fingerprint density at radius 3 is 1.21 bits per heavy atom. The lowest BCUT2D eigenvalue weighted by atomic mass is 10.0. The lowest BCUT2D eigenvalue weighted by Crippen LogP contribution is -2.04. The Morgan fingerprint density at radius 2 is 0.952 bits per heavy atom. The second-order valence-corrected chi connectivity index (χ2v) is 8.86. The molecule has 42 heavy (non-hydrogen) atoms. The standard InChI is InChI=1S/2C14H15NO6/c2*1-20-7-5-9-12(10(6-7)21-2)8(3-4-11(16)17)13(15-9)14(18)19/h2*5-6,15H,3-4H2,1-2H3,(H,16,17)(H,18,19). The number of ether oxygens (including phenoxy) is 4. The van der Waals surface area contributed by atoms with Gasteiger partial charge < -0.3 is 49.3 Å². The summed E-state index contributed by atoms with van der Waals surface area (Å²) in [5, 5.41) is 37.3. The number of aromatic carboxylic acids is 2. The molecule has 0 aliphatic heterocycles. The van der Waals surface area contributed by atoms with Crippen molar-refractivity contribution in [1.29, 1.82) is 0 Å². The fourth-order valence-corrected chi connectivity index (χ4v) is 4.56. The van der Waals surface area contributed by atoms with E-state index < -0.39 is 23.9 Å². The van der Waals surface area contributed by atoms with Crippen LogP contribution < -0.4 is 18.9 Å². The molecule has 4 rings (SSSR count). The molecule has 0 aliphatic rings. The number of hydrogen-bond acceptors (Lipinski definition) is 8. The van der Waals surface area contributed by atoms with Crippen LogP contribution in [0.5, 0.6) is 23.0 Å². The summed E-state index contributed by atoms with van der Waals surface area (Å²) in [6, 6.07) is 6.56. The van der Waals surface area contributed by atoms with Crippen LogP contribution in [0, 0.1) is 0 Å². The second-order valence-electron chi connectivity index (χ2n) is 8.86. The van der Waals surface area contributed by atoms with E-state index in [2.05, 4.69) is 9.97 Å². The summed E-state index contributed by atoms with van der Waals surface area (Å²) in [4.78, 5) is 49.8. The molecule has 4 aromatic rings. The van der Waals surface area contributed by atoms with Gasteiger partial charge in [0.2, 0.25) is 0 Å². The average molecular weight is 587 g/mol. The molecule has 0 saturated heterocycles. The largest absolute Gasteiger partial charge is 0.497 e. The topological polar surface area (TPSA) is 218 Å². The maximum absolute atomic E-state index is 11.3. The molecular formula is C28H30N2O12. The zero-order valence-corrected chi connectivity index (χ0v) is 23.2. The van der Waals surface area contributed by atoms with Crippen molar-refractivity contribution >= 4 is 45.7 Å². The number of benzene rings is 2. The summed E-state index contributed by atoms with van der Waals surface area (Å²) in [6.45, 7) is 0. The number of carboxylic acid groups (broad SMARTS) is 4. The van der Waals surface area contributed by atoms with Gasteiger partial charge in [-0.1, -0.05) is 0 Å². The fraction of sp³-hybridized carbons (Fsp3) is 0.286. The molecule has 2 aromatic heterocycles. The number of aromatic amines is 2. The molecule has 14 nitrogen and oxygen atoms in total. The van der Waals surface area contributed by atoms with Gasteiger partial charge in [-0.25, -0.2) is 9.59 Å². The molecule has 0 amide bonds. The van der Waals surface area contributed by atoms with Crippen LogP contribution in [0.2, 0.25) is 0 Å². The lowest BCUT2D eigenvalue weighted by Gasteiger charge is -2.07. The van der Waals surface area contributed by atoms with Crippen LogP contribution in [0.3, 0.4) is 0 Å². The Balaban J connectivity index is 0.000000230. The Hall–Kier alpha value is -5.40. The summed E-state index contributed by atoms with van der Waals surface area (Å²) in [5.41, 5.74) is 1.84. The van der Waals surface area contributed by atoms with Gasteiger partial charge in [0, 0.05) is 47.9 Å². The summed E-state index contributed by atoms with van der Waals surface area (Å²) in [5.74, 6) is -2.37. The zero-order valence-electron chi connectivity index (χ0n) is 23.2. The molecule has 0 atom stereocenters. The fourth-order valence-electron chi connectivity index (χ4n) is 4.56. The number of carboxylic acids is 4. The van der Waals surface area contributed by atoms with E-state index >= 15 is 0 Å². The van der Waals surface area contributed by atoms with Crippen LogP contribution in [-0.4, -0.2) is 82.7 Å². The van der Waals surface area contributed by atoms with Gasteiger partial charge in [-0.2, -0.15) is 0 Å². The van der Waals surface area contributed by atoms with Gasteiger partial charge in [0.15, 0.2) is 0 Å². The highest BCUT2D eigenvalue weighted by atomic mass is 16.5. The number of methoxy groups -OCH3 is 4. The van der Waals surface area contributed by atoms with Gasteiger partial charge in [0.1, 0.15) is 34.4 Å². The highest BCUT2D eigenvalue weighted by molar-refractivity contribution is 6.02. The van der Waals surface area contributed by atoms with E-state index in [9.17, 15) is 29.4 Å². The molecule has 2 heterocycles. The maximum Gasteiger partial charge on any atom is 0.352 e. The normalized spacial score (nSPS) is 10.6. The van der Waals surface area contributed by atoms with Crippen LogP contribution in [0.4, 0.5) is 0 Å². The van der Waals surface area contributed by atoms with Crippen molar-refractivity contribution in [1.82, 2.24) is 9.97 Å². The molecule has 0 radical (unpaired) electrons. The molecule has 224 valence electrons. The molecule has 0 aliphatic carbocycles. The third-order valence-electron chi connectivity index (χ3n) is 6.39. The van der Waals surface area contributed by atoms with Gasteiger partial charge in [-0.05, 0) is 24.0 Å². The van der Waals surface area contributed by atoms with Crippen molar-refractivity contribution in [2.45, 2.75) is 25.7 Å². The molecule has 0 spiro atoms. The first-order valence-corrected chi connectivity index (χ1v) is 12.4.